The average Bonchev–Trinajstić information content (AvgIpc) is 2.62. The molecule has 1 amide bonds. The van der Waals surface area contributed by atoms with Gasteiger partial charge in [-0.1, -0.05) is 0 Å². The Bertz CT molecular complexity index is 1020. The van der Waals surface area contributed by atoms with Gasteiger partial charge in [0, 0.05) is 5.69 Å². The number of hydrogen-bond donors (Lipinski definition) is 3. The van der Waals surface area contributed by atoms with Crippen molar-refractivity contribution in [3.05, 3.63) is 54.3 Å². The Morgan fingerprint density at radius 3 is 1.89 bits per heavy atom. The van der Waals surface area contributed by atoms with Crippen LogP contribution in [0.1, 0.15) is 6.92 Å². The van der Waals surface area contributed by atoms with Gasteiger partial charge in [0.05, 0.1) is 15.8 Å². The molecule has 0 saturated heterocycles. The van der Waals surface area contributed by atoms with Gasteiger partial charge in [0.2, 0.25) is 26.0 Å². The maximum atomic E-state index is 12.9. The van der Waals surface area contributed by atoms with E-state index in [-0.39, 0.29) is 9.79 Å². The summed E-state index contributed by atoms with van der Waals surface area (Å²) in [6.45, 7) is 1.34. The van der Waals surface area contributed by atoms with Gasteiger partial charge in [0.25, 0.3) is 0 Å². The summed E-state index contributed by atoms with van der Waals surface area (Å²) in [4.78, 5) is 12.0. The predicted molar refractivity (Wildman–Crippen MR) is 97.5 cm³/mol. The summed E-state index contributed by atoms with van der Waals surface area (Å²) >= 11 is 0. The third-order valence-corrected chi connectivity index (χ3v) is 6.54. The van der Waals surface area contributed by atoms with Crippen molar-refractivity contribution in [1.29, 1.82) is 0 Å². The fourth-order valence-corrected chi connectivity index (χ4v) is 3.99. The Kier molecular flexibility index (Phi) is 6.31. The van der Waals surface area contributed by atoms with E-state index >= 15 is 0 Å². The van der Waals surface area contributed by atoms with Crippen molar-refractivity contribution < 1.29 is 26.0 Å². The summed E-state index contributed by atoms with van der Waals surface area (Å²) < 4.78 is 65.0. The van der Waals surface area contributed by atoms with E-state index in [1.165, 1.54) is 38.2 Å². The van der Waals surface area contributed by atoms with E-state index in [9.17, 15) is 26.0 Å². The molecule has 0 aliphatic rings. The number of anilines is 1. The van der Waals surface area contributed by atoms with Gasteiger partial charge < -0.3 is 5.32 Å². The van der Waals surface area contributed by atoms with Crippen molar-refractivity contribution in [2.24, 2.45) is 0 Å². The highest BCUT2D eigenvalue weighted by atomic mass is 32.2. The second-order valence-electron chi connectivity index (χ2n) is 5.52. The zero-order valence-electron chi connectivity index (χ0n) is 14.4. The second kappa shape index (κ2) is 8.13. The monoisotopic (exact) mass is 415 g/mol. The van der Waals surface area contributed by atoms with E-state index in [1.54, 1.807) is 0 Å². The highest BCUT2D eigenvalue weighted by molar-refractivity contribution is 7.89. The number of benzene rings is 2. The molecule has 0 aliphatic carbocycles. The lowest BCUT2D eigenvalue weighted by Gasteiger charge is -2.15. The molecular weight excluding hydrogens is 397 g/mol. The Morgan fingerprint density at radius 2 is 1.37 bits per heavy atom. The third kappa shape index (κ3) is 5.32. The molecule has 2 aromatic rings. The Balaban J connectivity index is 2.06. The van der Waals surface area contributed by atoms with Crippen LogP contribution in [0.2, 0.25) is 0 Å². The van der Waals surface area contributed by atoms with Crippen LogP contribution in [0.15, 0.2) is 58.3 Å². The van der Waals surface area contributed by atoms with Gasteiger partial charge in [0.1, 0.15) is 5.82 Å². The van der Waals surface area contributed by atoms with Crippen LogP contribution in [0.25, 0.3) is 0 Å². The van der Waals surface area contributed by atoms with E-state index in [1.807, 2.05) is 0 Å². The van der Waals surface area contributed by atoms with Crippen LogP contribution < -0.4 is 14.8 Å². The lowest BCUT2D eigenvalue weighted by molar-refractivity contribution is -0.117. The molecule has 0 aliphatic heterocycles. The van der Waals surface area contributed by atoms with Gasteiger partial charge in [-0.15, -0.1) is 0 Å². The van der Waals surface area contributed by atoms with Gasteiger partial charge >= 0.3 is 0 Å². The lowest BCUT2D eigenvalue weighted by atomic mass is 10.3. The Labute approximate surface area is 156 Å². The molecule has 2 aromatic carbocycles. The summed E-state index contributed by atoms with van der Waals surface area (Å²) in [5, 5.41) is 2.48. The highest BCUT2D eigenvalue weighted by Gasteiger charge is 2.22. The maximum Gasteiger partial charge on any atom is 0.242 e. The summed E-state index contributed by atoms with van der Waals surface area (Å²) in [5.41, 5.74) is 0.294. The van der Waals surface area contributed by atoms with Crippen LogP contribution in [0.4, 0.5) is 10.1 Å². The van der Waals surface area contributed by atoms with E-state index in [2.05, 4.69) is 14.8 Å². The van der Waals surface area contributed by atoms with Crippen molar-refractivity contribution in [2.45, 2.75) is 22.8 Å². The van der Waals surface area contributed by atoms with Crippen LogP contribution in [-0.2, 0) is 24.8 Å². The highest BCUT2D eigenvalue weighted by Crippen LogP contribution is 2.15. The number of nitrogens with one attached hydrogen (secondary N) is 3. The average molecular weight is 415 g/mol. The van der Waals surface area contributed by atoms with E-state index < -0.39 is 37.8 Å². The molecule has 0 fully saturated rings. The standard InChI is InChI=1S/C16H18FN3O5S2/c1-11(20-27(24,25)15-7-3-12(17)4-8-15)16(21)19-13-5-9-14(10-6-13)26(22,23)18-2/h3-11,18,20H,1-2H3,(H,19,21)/t11-/m0/s1. The van der Waals surface area contributed by atoms with Gasteiger partial charge in [-0.25, -0.2) is 25.9 Å². The molecule has 2 rings (SSSR count). The molecule has 0 heterocycles. The molecule has 1 atom stereocenters. The summed E-state index contributed by atoms with van der Waals surface area (Å²) in [6.07, 6.45) is 0. The van der Waals surface area contributed by atoms with Crippen LogP contribution in [0.5, 0.6) is 0 Å². The number of amides is 1. The normalized spacial score (nSPS) is 13.1. The first-order valence-corrected chi connectivity index (χ1v) is 10.6. The topological polar surface area (TPSA) is 121 Å². The first-order valence-electron chi connectivity index (χ1n) is 7.67. The predicted octanol–water partition coefficient (Wildman–Crippen LogP) is 1.04. The second-order valence-corrected chi connectivity index (χ2v) is 9.12. The number of carbonyl (C=O) groups excluding carboxylic acids is 1. The maximum absolute atomic E-state index is 12.9. The fourth-order valence-electron chi connectivity index (χ4n) is 2.05. The minimum absolute atomic E-state index is 0.0214. The van der Waals surface area contributed by atoms with Gasteiger partial charge in [-0.3, -0.25) is 4.79 Å². The number of rotatable bonds is 7. The zero-order chi connectivity index (χ0) is 20.2. The molecule has 8 nitrogen and oxygen atoms in total. The van der Waals surface area contributed by atoms with Crippen molar-refractivity contribution in [3.8, 4) is 0 Å². The molecule has 0 saturated carbocycles. The molecule has 146 valence electrons. The molecule has 0 bridgehead atoms. The summed E-state index contributed by atoms with van der Waals surface area (Å²) in [5.74, 6) is -1.23. The van der Waals surface area contributed by atoms with Crippen molar-refractivity contribution in [2.75, 3.05) is 12.4 Å². The minimum Gasteiger partial charge on any atom is -0.325 e. The van der Waals surface area contributed by atoms with Crippen molar-refractivity contribution in [3.63, 3.8) is 0 Å². The largest absolute Gasteiger partial charge is 0.325 e. The lowest BCUT2D eigenvalue weighted by Crippen LogP contribution is -2.41. The Hall–Kier alpha value is -2.34. The van der Waals surface area contributed by atoms with Crippen LogP contribution >= 0.6 is 0 Å². The SMILES string of the molecule is CNS(=O)(=O)c1ccc(NC(=O)[C@H](C)NS(=O)(=O)c2ccc(F)cc2)cc1. The molecule has 0 unspecified atom stereocenters. The van der Waals surface area contributed by atoms with Crippen LogP contribution in [0.3, 0.4) is 0 Å². The number of halogens is 1. The molecule has 0 radical (unpaired) electrons. The summed E-state index contributed by atoms with van der Waals surface area (Å²) in [6, 6.07) is 8.41. The third-order valence-electron chi connectivity index (χ3n) is 3.55. The van der Waals surface area contributed by atoms with Gasteiger partial charge in [-0.2, -0.15) is 4.72 Å². The molecular formula is C16H18FN3O5S2. The van der Waals surface area contributed by atoms with Gasteiger partial charge in [0.15, 0.2) is 0 Å². The van der Waals surface area contributed by atoms with Crippen molar-refractivity contribution in [1.82, 2.24) is 9.44 Å². The number of hydrogen-bond acceptors (Lipinski definition) is 5. The zero-order valence-corrected chi connectivity index (χ0v) is 16.1. The molecule has 3 N–H and O–H groups in total. The van der Waals surface area contributed by atoms with Crippen LogP contribution in [0, 0.1) is 5.82 Å². The molecule has 0 aromatic heterocycles. The molecule has 0 spiro atoms. The number of carbonyl (C=O) groups is 1. The van der Waals surface area contributed by atoms with Gasteiger partial charge in [-0.05, 0) is 62.5 Å². The number of sulfonamides is 2. The first kappa shape index (κ1) is 21.0. The van der Waals surface area contributed by atoms with E-state index in [0.717, 1.165) is 24.3 Å². The molecule has 11 heteroatoms. The fraction of sp³-hybridized carbons (Fsp3) is 0.188. The van der Waals surface area contributed by atoms with E-state index in [4.69, 9.17) is 0 Å². The summed E-state index contributed by atoms with van der Waals surface area (Å²) in [7, 11) is -6.33. The van der Waals surface area contributed by atoms with E-state index in [0.29, 0.717) is 5.69 Å². The molecule has 27 heavy (non-hydrogen) atoms. The minimum atomic E-state index is -4.01. The first-order chi connectivity index (χ1) is 12.5. The quantitative estimate of drug-likeness (QED) is 0.624. The Morgan fingerprint density at radius 1 is 0.889 bits per heavy atom. The van der Waals surface area contributed by atoms with Crippen LogP contribution in [-0.4, -0.2) is 35.8 Å². The smallest absolute Gasteiger partial charge is 0.242 e. The van der Waals surface area contributed by atoms with Crippen molar-refractivity contribution >= 4 is 31.6 Å².